The SMILES string of the molecule is C=CCNc1cc(=O)c2cc(I)c(Cl)nc2n1CC=C. The lowest BCUT2D eigenvalue weighted by molar-refractivity contribution is 0.841. The van der Waals surface area contributed by atoms with Crippen LogP contribution in [0.2, 0.25) is 5.15 Å². The quantitative estimate of drug-likeness (QED) is 0.474. The molecule has 0 aliphatic rings. The maximum Gasteiger partial charge on any atom is 0.193 e. The molecule has 0 saturated carbocycles. The molecule has 0 aliphatic heterocycles. The van der Waals surface area contributed by atoms with Crippen LogP contribution in [0.1, 0.15) is 0 Å². The van der Waals surface area contributed by atoms with Crippen LogP contribution >= 0.6 is 34.2 Å². The van der Waals surface area contributed by atoms with Gasteiger partial charge in [0.2, 0.25) is 0 Å². The smallest absolute Gasteiger partial charge is 0.193 e. The number of aromatic nitrogens is 2. The molecular weight excluding hydrogens is 389 g/mol. The summed E-state index contributed by atoms with van der Waals surface area (Å²) >= 11 is 8.13. The first-order valence-electron chi connectivity index (χ1n) is 5.93. The van der Waals surface area contributed by atoms with Gasteiger partial charge in [-0.05, 0) is 28.7 Å². The lowest BCUT2D eigenvalue weighted by Crippen LogP contribution is -2.16. The Morgan fingerprint density at radius 3 is 2.80 bits per heavy atom. The predicted octanol–water partition coefficient (Wildman–Crippen LogP) is 3.44. The second kappa shape index (κ2) is 6.41. The molecule has 0 aliphatic carbocycles. The number of rotatable bonds is 5. The van der Waals surface area contributed by atoms with E-state index in [1.807, 2.05) is 4.57 Å². The lowest BCUT2D eigenvalue weighted by atomic mass is 10.2. The molecule has 0 fully saturated rings. The summed E-state index contributed by atoms with van der Waals surface area (Å²) in [6.45, 7) is 8.48. The van der Waals surface area contributed by atoms with Crippen LogP contribution in [0.15, 0.2) is 42.2 Å². The summed E-state index contributed by atoms with van der Waals surface area (Å²) in [4.78, 5) is 16.5. The van der Waals surface area contributed by atoms with Gasteiger partial charge in [-0.1, -0.05) is 23.8 Å². The molecule has 2 heterocycles. The van der Waals surface area contributed by atoms with Gasteiger partial charge in [-0.25, -0.2) is 4.98 Å². The number of halogens is 2. The van der Waals surface area contributed by atoms with Gasteiger partial charge in [0.05, 0.1) is 8.96 Å². The fourth-order valence-corrected chi connectivity index (χ4v) is 2.44. The average Bonchev–Trinajstić information content (AvgIpc) is 2.42. The van der Waals surface area contributed by atoms with Crippen LogP contribution in [0.3, 0.4) is 0 Å². The summed E-state index contributed by atoms with van der Waals surface area (Å²) in [5, 5.41) is 4.06. The van der Waals surface area contributed by atoms with Gasteiger partial charge in [-0.15, -0.1) is 13.2 Å². The van der Waals surface area contributed by atoms with Crippen molar-refractivity contribution in [1.29, 1.82) is 0 Å². The minimum absolute atomic E-state index is 0.0889. The van der Waals surface area contributed by atoms with Crippen LogP contribution in [0, 0.1) is 3.57 Å². The fraction of sp³-hybridized carbons (Fsp3) is 0.143. The van der Waals surface area contributed by atoms with E-state index < -0.39 is 0 Å². The van der Waals surface area contributed by atoms with Crippen LogP contribution in [0.25, 0.3) is 11.0 Å². The number of nitrogens with zero attached hydrogens (tertiary/aromatic N) is 2. The van der Waals surface area contributed by atoms with Crippen LogP contribution < -0.4 is 10.7 Å². The van der Waals surface area contributed by atoms with E-state index in [4.69, 9.17) is 11.6 Å². The summed E-state index contributed by atoms with van der Waals surface area (Å²) in [6.07, 6.45) is 3.47. The Hall–Kier alpha value is -1.34. The molecule has 104 valence electrons. The van der Waals surface area contributed by atoms with Crippen molar-refractivity contribution >= 4 is 51.0 Å². The average molecular weight is 402 g/mol. The minimum atomic E-state index is -0.0889. The van der Waals surface area contributed by atoms with Crippen molar-refractivity contribution in [3.8, 4) is 0 Å². The molecule has 2 aromatic rings. The summed E-state index contributed by atoms with van der Waals surface area (Å²) in [7, 11) is 0. The molecule has 0 bridgehead atoms. The minimum Gasteiger partial charge on any atom is -0.368 e. The largest absolute Gasteiger partial charge is 0.368 e. The Bertz CT molecular complexity index is 739. The number of allylic oxidation sites excluding steroid dienone is 1. The normalized spacial score (nSPS) is 10.5. The highest BCUT2D eigenvalue weighted by Crippen LogP contribution is 2.22. The third-order valence-electron chi connectivity index (χ3n) is 2.73. The summed E-state index contributed by atoms with van der Waals surface area (Å²) in [6, 6.07) is 3.31. The van der Waals surface area contributed by atoms with Crippen LogP contribution in [-0.2, 0) is 6.54 Å². The standard InChI is InChI=1S/C14H13ClIN3O/c1-3-5-17-12-8-11(20)9-7-10(16)13(15)18-14(9)19(12)6-4-2/h3-4,7-8,17H,1-2,5-6H2. The number of hydrogen-bond acceptors (Lipinski definition) is 3. The van der Waals surface area contributed by atoms with Crippen molar-refractivity contribution in [2.75, 3.05) is 11.9 Å². The van der Waals surface area contributed by atoms with Crippen molar-refractivity contribution in [2.45, 2.75) is 6.54 Å². The predicted molar refractivity (Wildman–Crippen MR) is 92.6 cm³/mol. The fourth-order valence-electron chi connectivity index (χ4n) is 1.88. The molecule has 0 radical (unpaired) electrons. The van der Waals surface area contributed by atoms with E-state index in [9.17, 15) is 4.79 Å². The molecule has 20 heavy (non-hydrogen) atoms. The Morgan fingerprint density at radius 2 is 2.15 bits per heavy atom. The molecule has 6 heteroatoms. The summed E-state index contributed by atoms with van der Waals surface area (Å²) in [5.74, 6) is 0.673. The van der Waals surface area contributed by atoms with Crippen LogP contribution in [-0.4, -0.2) is 16.1 Å². The van der Waals surface area contributed by atoms with Gasteiger partial charge in [0.15, 0.2) is 5.43 Å². The summed E-state index contributed by atoms with van der Waals surface area (Å²) in [5.41, 5.74) is 0.461. The Morgan fingerprint density at radius 1 is 1.40 bits per heavy atom. The Labute approximate surface area is 135 Å². The molecule has 2 rings (SSSR count). The van der Waals surface area contributed by atoms with E-state index >= 15 is 0 Å². The lowest BCUT2D eigenvalue weighted by Gasteiger charge is -2.15. The first-order chi connectivity index (χ1) is 9.58. The summed E-state index contributed by atoms with van der Waals surface area (Å²) < 4.78 is 2.63. The zero-order chi connectivity index (χ0) is 14.7. The monoisotopic (exact) mass is 401 g/mol. The number of fused-ring (bicyclic) bond motifs is 1. The van der Waals surface area contributed by atoms with Crippen molar-refractivity contribution in [1.82, 2.24) is 9.55 Å². The van der Waals surface area contributed by atoms with Crippen molar-refractivity contribution in [3.05, 3.63) is 56.4 Å². The van der Waals surface area contributed by atoms with Crippen molar-refractivity contribution in [3.63, 3.8) is 0 Å². The highest BCUT2D eigenvalue weighted by molar-refractivity contribution is 14.1. The second-order valence-corrected chi connectivity index (χ2v) is 5.62. The third-order valence-corrected chi connectivity index (χ3v) is 4.16. The molecule has 0 unspecified atom stereocenters. The molecule has 0 aromatic carbocycles. The van der Waals surface area contributed by atoms with E-state index in [0.717, 1.165) is 3.57 Å². The molecule has 1 N–H and O–H groups in total. The van der Waals surface area contributed by atoms with Crippen molar-refractivity contribution < 1.29 is 0 Å². The highest BCUT2D eigenvalue weighted by Gasteiger charge is 2.12. The Balaban J connectivity index is 2.78. The molecular formula is C14H13ClIN3O. The van der Waals surface area contributed by atoms with E-state index in [1.165, 1.54) is 0 Å². The van der Waals surface area contributed by atoms with Gasteiger partial charge < -0.3 is 9.88 Å². The molecule has 2 aromatic heterocycles. The first kappa shape index (κ1) is 15.1. The maximum atomic E-state index is 12.2. The van der Waals surface area contributed by atoms with Crippen molar-refractivity contribution in [2.24, 2.45) is 0 Å². The van der Waals surface area contributed by atoms with Gasteiger partial charge >= 0.3 is 0 Å². The number of anilines is 1. The first-order valence-corrected chi connectivity index (χ1v) is 7.39. The maximum absolute atomic E-state index is 12.2. The van der Waals surface area contributed by atoms with Crippen LogP contribution in [0.4, 0.5) is 5.82 Å². The zero-order valence-corrected chi connectivity index (χ0v) is 13.6. The molecule has 0 atom stereocenters. The van der Waals surface area contributed by atoms with E-state index in [0.29, 0.717) is 35.1 Å². The molecule has 0 amide bonds. The van der Waals surface area contributed by atoms with Gasteiger partial charge in [0, 0.05) is 19.2 Å². The Kier molecular flexibility index (Phi) is 4.82. The number of hydrogen-bond donors (Lipinski definition) is 1. The van der Waals surface area contributed by atoms with E-state index in [1.54, 1.807) is 24.3 Å². The second-order valence-electron chi connectivity index (χ2n) is 4.09. The topological polar surface area (TPSA) is 46.9 Å². The zero-order valence-electron chi connectivity index (χ0n) is 10.7. The molecule has 0 saturated heterocycles. The molecule has 0 spiro atoms. The van der Waals surface area contributed by atoms with Gasteiger partial charge in [0.25, 0.3) is 0 Å². The molecule has 4 nitrogen and oxygen atoms in total. The number of pyridine rings is 2. The number of nitrogens with one attached hydrogen (secondary N) is 1. The van der Waals surface area contributed by atoms with E-state index in [-0.39, 0.29) is 5.43 Å². The van der Waals surface area contributed by atoms with Gasteiger partial charge in [-0.2, -0.15) is 0 Å². The highest BCUT2D eigenvalue weighted by atomic mass is 127. The van der Waals surface area contributed by atoms with Gasteiger partial charge in [-0.3, -0.25) is 4.79 Å². The van der Waals surface area contributed by atoms with Gasteiger partial charge in [0.1, 0.15) is 16.6 Å². The van der Waals surface area contributed by atoms with Crippen LogP contribution in [0.5, 0.6) is 0 Å². The third kappa shape index (κ3) is 2.88. The van der Waals surface area contributed by atoms with E-state index in [2.05, 4.69) is 46.0 Å².